The lowest BCUT2D eigenvalue weighted by molar-refractivity contribution is 0.0968. The number of aryl methyl sites for hydroxylation is 2. The number of nitrogens with one attached hydrogen (secondary N) is 1. The molecule has 0 saturated carbocycles. The van der Waals surface area contributed by atoms with Gasteiger partial charge in [-0.3, -0.25) is 4.79 Å². The van der Waals surface area contributed by atoms with Crippen LogP contribution in [-0.4, -0.2) is 23.9 Å². The Bertz CT molecular complexity index is 768. The number of aromatic nitrogens is 2. The van der Waals surface area contributed by atoms with E-state index < -0.39 is 15.9 Å². The fraction of sp³-hybridized carbons (Fsp3) is 0.167. The van der Waals surface area contributed by atoms with E-state index in [1.807, 2.05) is 4.72 Å². The summed E-state index contributed by atoms with van der Waals surface area (Å²) in [6, 6.07) is 5.88. The van der Waals surface area contributed by atoms with Crippen LogP contribution in [0.5, 0.6) is 0 Å². The number of amides is 1. The molecule has 0 fully saturated rings. The highest BCUT2D eigenvalue weighted by molar-refractivity contribution is 7.90. The molecule has 8 heteroatoms. The fourth-order valence-electron chi connectivity index (χ4n) is 1.71. The van der Waals surface area contributed by atoms with Crippen molar-refractivity contribution in [3.8, 4) is 0 Å². The van der Waals surface area contributed by atoms with Gasteiger partial charge >= 0.3 is 5.91 Å². The molecule has 0 aliphatic carbocycles. The third-order valence-corrected chi connectivity index (χ3v) is 4.38. The van der Waals surface area contributed by atoms with E-state index >= 15 is 0 Å². The average molecular weight is 314 g/mol. The minimum atomic E-state index is -4.03. The van der Waals surface area contributed by atoms with E-state index in [4.69, 9.17) is 11.6 Å². The van der Waals surface area contributed by atoms with Crippen LogP contribution in [0.25, 0.3) is 0 Å². The summed E-state index contributed by atoms with van der Waals surface area (Å²) in [6.07, 6.45) is 1.62. The van der Waals surface area contributed by atoms with Gasteiger partial charge in [-0.25, -0.2) is 18.1 Å². The van der Waals surface area contributed by atoms with Crippen molar-refractivity contribution in [2.45, 2.75) is 11.8 Å². The van der Waals surface area contributed by atoms with Crippen molar-refractivity contribution in [1.29, 1.82) is 0 Å². The first-order valence-electron chi connectivity index (χ1n) is 5.63. The number of halogens is 1. The van der Waals surface area contributed by atoms with Gasteiger partial charge in [-0.2, -0.15) is 0 Å². The maximum absolute atomic E-state index is 12.1. The predicted molar refractivity (Wildman–Crippen MR) is 74.0 cm³/mol. The summed E-state index contributed by atoms with van der Waals surface area (Å²) in [6.45, 7) is 1.71. The van der Waals surface area contributed by atoms with Gasteiger partial charge in [0.15, 0.2) is 5.82 Å². The fourth-order valence-corrected chi connectivity index (χ4v) is 3.18. The molecule has 0 atom stereocenters. The molecule has 1 N–H and O–H groups in total. The van der Waals surface area contributed by atoms with Crippen molar-refractivity contribution in [3.63, 3.8) is 0 Å². The van der Waals surface area contributed by atoms with E-state index in [1.165, 1.54) is 22.8 Å². The molecule has 0 unspecified atom stereocenters. The summed E-state index contributed by atoms with van der Waals surface area (Å²) >= 11 is 5.82. The van der Waals surface area contributed by atoms with Crippen LogP contribution in [0.1, 0.15) is 16.3 Å². The van der Waals surface area contributed by atoms with Crippen molar-refractivity contribution < 1.29 is 13.2 Å². The Morgan fingerprint density at radius 1 is 1.35 bits per heavy atom. The van der Waals surface area contributed by atoms with E-state index in [0.29, 0.717) is 5.69 Å². The summed E-state index contributed by atoms with van der Waals surface area (Å²) in [5.74, 6) is -0.793. The number of carbonyl (C=O) groups is 1. The van der Waals surface area contributed by atoms with Crippen LogP contribution < -0.4 is 4.72 Å². The molecule has 1 heterocycles. The van der Waals surface area contributed by atoms with Gasteiger partial charge < -0.3 is 4.57 Å². The van der Waals surface area contributed by atoms with Gasteiger partial charge in [0.2, 0.25) is 0 Å². The van der Waals surface area contributed by atoms with Crippen LogP contribution in [0.2, 0.25) is 5.02 Å². The molecule has 2 rings (SSSR count). The Balaban J connectivity index is 2.32. The minimum Gasteiger partial charge on any atom is -0.330 e. The number of sulfonamides is 1. The van der Waals surface area contributed by atoms with Crippen molar-refractivity contribution in [2.24, 2.45) is 7.05 Å². The number of nitrogens with zero attached hydrogens (tertiary/aromatic N) is 2. The maximum atomic E-state index is 12.1. The Hall–Kier alpha value is -1.86. The van der Waals surface area contributed by atoms with E-state index in [-0.39, 0.29) is 15.7 Å². The summed E-state index contributed by atoms with van der Waals surface area (Å²) < 4.78 is 27.6. The standard InChI is InChI=1S/C12H12ClN3O3S/c1-8-7-16(2)11(14-8)12(17)15-20(18,19)10-6-4-3-5-9(10)13/h3-7H,1-2H3,(H,15,17). The first-order chi connectivity index (χ1) is 9.31. The van der Waals surface area contributed by atoms with Crippen molar-refractivity contribution in [2.75, 3.05) is 0 Å². The molecule has 106 valence electrons. The van der Waals surface area contributed by atoms with Gasteiger partial charge in [0, 0.05) is 13.2 Å². The quantitative estimate of drug-likeness (QED) is 0.931. The first kappa shape index (κ1) is 14.5. The summed E-state index contributed by atoms with van der Waals surface area (Å²) in [5.41, 5.74) is 0.618. The van der Waals surface area contributed by atoms with Crippen molar-refractivity contribution in [1.82, 2.24) is 14.3 Å². The number of hydrogen-bond acceptors (Lipinski definition) is 4. The lowest BCUT2D eigenvalue weighted by Crippen LogP contribution is -2.32. The van der Waals surface area contributed by atoms with Crippen LogP contribution in [0, 0.1) is 6.92 Å². The monoisotopic (exact) mass is 313 g/mol. The summed E-state index contributed by atoms with van der Waals surface area (Å²) in [7, 11) is -2.42. The molecule has 0 spiro atoms. The highest BCUT2D eigenvalue weighted by Gasteiger charge is 2.23. The van der Waals surface area contributed by atoms with Crippen LogP contribution in [0.4, 0.5) is 0 Å². The van der Waals surface area contributed by atoms with Crippen LogP contribution >= 0.6 is 11.6 Å². The number of rotatable bonds is 3. The highest BCUT2D eigenvalue weighted by atomic mass is 35.5. The Morgan fingerprint density at radius 2 is 2.00 bits per heavy atom. The van der Waals surface area contributed by atoms with E-state index in [1.54, 1.807) is 26.2 Å². The summed E-state index contributed by atoms with van der Waals surface area (Å²) in [5, 5.41) is 0.0452. The first-order valence-corrected chi connectivity index (χ1v) is 7.49. The van der Waals surface area contributed by atoms with Gasteiger partial charge in [0.05, 0.1) is 10.7 Å². The van der Waals surface area contributed by atoms with Gasteiger partial charge in [-0.15, -0.1) is 0 Å². The van der Waals surface area contributed by atoms with Gasteiger partial charge in [0.25, 0.3) is 10.0 Å². The Kier molecular flexibility index (Phi) is 3.82. The normalized spacial score (nSPS) is 11.3. The second kappa shape index (κ2) is 5.26. The Morgan fingerprint density at radius 3 is 2.55 bits per heavy atom. The second-order valence-electron chi connectivity index (χ2n) is 4.18. The number of imidazole rings is 1. The molecule has 1 aromatic heterocycles. The number of hydrogen-bond donors (Lipinski definition) is 1. The molecule has 0 radical (unpaired) electrons. The molecule has 0 saturated heterocycles. The lowest BCUT2D eigenvalue weighted by atomic mass is 10.4. The van der Waals surface area contributed by atoms with E-state index in [2.05, 4.69) is 4.98 Å². The summed E-state index contributed by atoms with van der Waals surface area (Å²) in [4.78, 5) is 15.8. The van der Waals surface area contributed by atoms with E-state index in [9.17, 15) is 13.2 Å². The predicted octanol–water partition coefficient (Wildman–Crippen LogP) is 1.50. The maximum Gasteiger partial charge on any atom is 0.300 e. The van der Waals surface area contributed by atoms with Gasteiger partial charge in [-0.1, -0.05) is 23.7 Å². The van der Waals surface area contributed by atoms with Crippen molar-refractivity contribution in [3.05, 3.63) is 47.0 Å². The van der Waals surface area contributed by atoms with E-state index in [0.717, 1.165) is 0 Å². The topological polar surface area (TPSA) is 81.1 Å². The molecule has 0 bridgehead atoms. The number of benzene rings is 1. The molecular weight excluding hydrogens is 302 g/mol. The average Bonchev–Trinajstić information content (AvgIpc) is 2.68. The highest BCUT2D eigenvalue weighted by Crippen LogP contribution is 2.20. The minimum absolute atomic E-state index is 0.0122. The third kappa shape index (κ3) is 2.83. The smallest absolute Gasteiger partial charge is 0.300 e. The van der Waals surface area contributed by atoms with Gasteiger partial charge in [-0.05, 0) is 19.1 Å². The zero-order valence-corrected chi connectivity index (χ0v) is 12.4. The molecule has 20 heavy (non-hydrogen) atoms. The zero-order valence-electron chi connectivity index (χ0n) is 10.8. The molecule has 6 nitrogen and oxygen atoms in total. The SMILES string of the molecule is Cc1cn(C)c(C(=O)NS(=O)(=O)c2ccccc2Cl)n1. The second-order valence-corrected chi connectivity index (χ2v) is 6.24. The van der Waals surface area contributed by atoms with Crippen LogP contribution in [0.15, 0.2) is 35.4 Å². The lowest BCUT2D eigenvalue weighted by Gasteiger charge is -2.07. The van der Waals surface area contributed by atoms with Gasteiger partial charge in [0.1, 0.15) is 4.90 Å². The third-order valence-electron chi connectivity index (χ3n) is 2.55. The zero-order chi connectivity index (χ0) is 14.9. The number of carbonyl (C=O) groups excluding carboxylic acids is 1. The van der Waals surface area contributed by atoms with Crippen molar-refractivity contribution >= 4 is 27.5 Å². The largest absolute Gasteiger partial charge is 0.330 e. The van der Waals surface area contributed by atoms with Crippen LogP contribution in [-0.2, 0) is 17.1 Å². The molecule has 0 aliphatic heterocycles. The molecule has 1 amide bonds. The molecule has 2 aromatic rings. The molecule has 0 aliphatic rings. The van der Waals surface area contributed by atoms with Crippen LogP contribution in [0.3, 0.4) is 0 Å². The molecule has 1 aromatic carbocycles. The Labute approximate surface area is 121 Å². The molecular formula is C12H12ClN3O3S.